The summed E-state index contributed by atoms with van der Waals surface area (Å²) >= 11 is 0. The van der Waals surface area contributed by atoms with Gasteiger partial charge in [-0.25, -0.2) is 0 Å². The van der Waals surface area contributed by atoms with Gasteiger partial charge >= 0.3 is 5.97 Å². The average Bonchev–Trinajstić information content (AvgIpc) is 2.28. The van der Waals surface area contributed by atoms with Crippen molar-refractivity contribution in [1.29, 1.82) is 0 Å². The molecule has 1 aromatic carbocycles. The standard InChI is InChI=1S/C12H16O4.ClH/c1-15-10-7-3-5-9(12(10)16-2)6-4-8-11(13)14;/h3,5,7H,4,6,8H2,1-2H3,(H,13,14);1H. The van der Waals surface area contributed by atoms with Gasteiger partial charge in [0.1, 0.15) is 0 Å². The molecule has 0 aliphatic carbocycles. The molecule has 0 bridgehead atoms. The van der Waals surface area contributed by atoms with Crippen LogP contribution in [0.4, 0.5) is 0 Å². The highest BCUT2D eigenvalue weighted by Crippen LogP contribution is 2.31. The number of hydrogen-bond acceptors (Lipinski definition) is 3. The van der Waals surface area contributed by atoms with E-state index in [1.165, 1.54) is 0 Å². The van der Waals surface area contributed by atoms with Gasteiger partial charge in [0, 0.05) is 6.42 Å². The Kier molecular flexibility index (Phi) is 7.14. The number of para-hydroxylation sites is 1. The Morgan fingerprint density at radius 1 is 1.29 bits per heavy atom. The molecule has 4 nitrogen and oxygen atoms in total. The number of carbonyl (C=O) groups is 1. The minimum Gasteiger partial charge on any atom is -0.493 e. The molecule has 0 spiro atoms. The molecule has 0 aromatic heterocycles. The van der Waals surface area contributed by atoms with Crippen molar-refractivity contribution >= 4 is 18.4 Å². The van der Waals surface area contributed by atoms with Gasteiger partial charge in [-0.1, -0.05) is 12.1 Å². The SMILES string of the molecule is COc1cccc(CCCC(=O)O)c1OC.Cl. The van der Waals surface area contributed by atoms with Gasteiger partial charge in [0.25, 0.3) is 0 Å². The van der Waals surface area contributed by atoms with Gasteiger partial charge in [-0.3, -0.25) is 4.79 Å². The van der Waals surface area contributed by atoms with Gasteiger partial charge in [0.05, 0.1) is 14.2 Å². The number of benzene rings is 1. The predicted octanol–water partition coefficient (Wildman–Crippen LogP) is 2.53. The van der Waals surface area contributed by atoms with Crippen molar-refractivity contribution in [3.8, 4) is 11.5 Å². The Balaban J connectivity index is 0.00000256. The second-order valence-corrected chi connectivity index (χ2v) is 3.40. The lowest BCUT2D eigenvalue weighted by molar-refractivity contribution is -0.137. The van der Waals surface area contributed by atoms with E-state index in [0.29, 0.717) is 24.3 Å². The van der Waals surface area contributed by atoms with Crippen LogP contribution in [0.2, 0.25) is 0 Å². The molecular formula is C12H17ClO4. The van der Waals surface area contributed by atoms with E-state index in [9.17, 15) is 4.79 Å². The van der Waals surface area contributed by atoms with E-state index in [-0.39, 0.29) is 18.8 Å². The molecule has 96 valence electrons. The number of carboxylic acid groups (broad SMARTS) is 1. The summed E-state index contributed by atoms with van der Waals surface area (Å²) in [5, 5.41) is 8.56. The van der Waals surface area contributed by atoms with Crippen molar-refractivity contribution in [1.82, 2.24) is 0 Å². The Labute approximate surface area is 107 Å². The average molecular weight is 261 g/mol. The summed E-state index contributed by atoms with van der Waals surface area (Å²) in [5.41, 5.74) is 0.975. The first-order valence-corrected chi connectivity index (χ1v) is 5.10. The summed E-state index contributed by atoms with van der Waals surface area (Å²) in [6.07, 6.45) is 1.44. The van der Waals surface area contributed by atoms with Crippen LogP contribution in [0.1, 0.15) is 18.4 Å². The van der Waals surface area contributed by atoms with Crippen molar-refractivity contribution in [2.75, 3.05) is 14.2 Å². The highest BCUT2D eigenvalue weighted by Gasteiger charge is 2.09. The molecule has 0 amide bonds. The lowest BCUT2D eigenvalue weighted by Crippen LogP contribution is -1.99. The Bertz CT molecular complexity index is 366. The largest absolute Gasteiger partial charge is 0.493 e. The maximum Gasteiger partial charge on any atom is 0.303 e. The van der Waals surface area contributed by atoms with E-state index >= 15 is 0 Å². The van der Waals surface area contributed by atoms with Gasteiger partial charge in [0.2, 0.25) is 0 Å². The van der Waals surface area contributed by atoms with Crippen LogP contribution in [0, 0.1) is 0 Å². The first kappa shape index (κ1) is 15.6. The summed E-state index contributed by atoms with van der Waals surface area (Å²) in [4.78, 5) is 10.4. The lowest BCUT2D eigenvalue weighted by atomic mass is 10.1. The van der Waals surface area contributed by atoms with Crippen molar-refractivity contribution < 1.29 is 19.4 Å². The molecule has 0 saturated heterocycles. The van der Waals surface area contributed by atoms with Crippen molar-refractivity contribution in [2.24, 2.45) is 0 Å². The van der Waals surface area contributed by atoms with Crippen LogP contribution in [0.15, 0.2) is 18.2 Å². The first-order valence-electron chi connectivity index (χ1n) is 5.10. The summed E-state index contributed by atoms with van der Waals surface area (Å²) in [6.45, 7) is 0. The molecule has 0 heterocycles. The van der Waals surface area contributed by atoms with Gasteiger partial charge in [-0.2, -0.15) is 0 Å². The van der Waals surface area contributed by atoms with E-state index in [0.717, 1.165) is 5.56 Å². The smallest absolute Gasteiger partial charge is 0.303 e. The molecule has 5 heteroatoms. The van der Waals surface area contributed by atoms with Crippen LogP contribution < -0.4 is 9.47 Å². The number of carboxylic acids is 1. The fourth-order valence-electron chi connectivity index (χ4n) is 1.58. The quantitative estimate of drug-likeness (QED) is 0.854. The monoisotopic (exact) mass is 260 g/mol. The Morgan fingerprint density at radius 2 is 2.00 bits per heavy atom. The van der Waals surface area contributed by atoms with Crippen LogP contribution in [0.3, 0.4) is 0 Å². The van der Waals surface area contributed by atoms with Gasteiger partial charge in [-0.05, 0) is 24.5 Å². The van der Waals surface area contributed by atoms with E-state index in [1.807, 2.05) is 18.2 Å². The molecule has 0 saturated carbocycles. The molecule has 0 aliphatic rings. The van der Waals surface area contributed by atoms with Gasteiger partial charge < -0.3 is 14.6 Å². The second kappa shape index (κ2) is 7.79. The zero-order valence-electron chi connectivity index (χ0n) is 9.93. The number of hydrogen-bond donors (Lipinski definition) is 1. The normalized spacial score (nSPS) is 9.29. The molecule has 0 radical (unpaired) electrons. The Morgan fingerprint density at radius 3 is 2.53 bits per heavy atom. The summed E-state index contributed by atoms with van der Waals surface area (Å²) in [7, 11) is 3.16. The fraction of sp³-hybridized carbons (Fsp3) is 0.417. The highest BCUT2D eigenvalue weighted by atomic mass is 35.5. The third kappa shape index (κ3) is 4.53. The zero-order valence-corrected chi connectivity index (χ0v) is 10.8. The molecule has 0 atom stereocenters. The first-order chi connectivity index (χ1) is 7.69. The van der Waals surface area contributed by atoms with Crippen molar-refractivity contribution in [3.05, 3.63) is 23.8 Å². The Hall–Kier alpha value is -1.42. The number of ether oxygens (including phenoxy) is 2. The molecule has 0 fully saturated rings. The third-order valence-corrected chi connectivity index (χ3v) is 2.32. The third-order valence-electron chi connectivity index (χ3n) is 2.32. The van der Waals surface area contributed by atoms with Crippen LogP contribution in [0.25, 0.3) is 0 Å². The minimum absolute atomic E-state index is 0. The van der Waals surface area contributed by atoms with Gasteiger partial charge in [0.15, 0.2) is 11.5 Å². The van der Waals surface area contributed by atoms with E-state index in [2.05, 4.69) is 0 Å². The predicted molar refractivity (Wildman–Crippen MR) is 67.4 cm³/mol. The van der Waals surface area contributed by atoms with Crippen LogP contribution >= 0.6 is 12.4 Å². The zero-order chi connectivity index (χ0) is 12.0. The van der Waals surface area contributed by atoms with Crippen LogP contribution in [-0.4, -0.2) is 25.3 Å². The maximum atomic E-state index is 10.4. The van der Waals surface area contributed by atoms with Crippen LogP contribution in [0.5, 0.6) is 11.5 Å². The number of aryl methyl sites for hydroxylation is 1. The summed E-state index contributed by atoms with van der Waals surface area (Å²) in [6, 6.07) is 5.61. The topological polar surface area (TPSA) is 55.8 Å². The number of methoxy groups -OCH3 is 2. The second-order valence-electron chi connectivity index (χ2n) is 3.40. The molecule has 0 unspecified atom stereocenters. The summed E-state index contributed by atoms with van der Waals surface area (Å²) in [5.74, 6) is 0.590. The fourth-order valence-corrected chi connectivity index (χ4v) is 1.58. The molecular weight excluding hydrogens is 244 g/mol. The van der Waals surface area contributed by atoms with Crippen molar-refractivity contribution in [2.45, 2.75) is 19.3 Å². The molecule has 1 rings (SSSR count). The highest BCUT2D eigenvalue weighted by molar-refractivity contribution is 5.85. The minimum atomic E-state index is -0.776. The van der Waals surface area contributed by atoms with E-state index in [1.54, 1.807) is 14.2 Å². The molecule has 1 aromatic rings. The lowest BCUT2D eigenvalue weighted by Gasteiger charge is -2.11. The number of rotatable bonds is 6. The molecule has 17 heavy (non-hydrogen) atoms. The van der Waals surface area contributed by atoms with Gasteiger partial charge in [-0.15, -0.1) is 12.4 Å². The molecule has 0 aliphatic heterocycles. The summed E-state index contributed by atoms with van der Waals surface area (Å²) < 4.78 is 10.4. The number of halogens is 1. The van der Waals surface area contributed by atoms with E-state index < -0.39 is 5.97 Å². The molecule has 1 N–H and O–H groups in total. The number of aliphatic carboxylic acids is 1. The van der Waals surface area contributed by atoms with E-state index in [4.69, 9.17) is 14.6 Å². The van der Waals surface area contributed by atoms with Crippen LogP contribution in [-0.2, 0) is 11.2 Å². The van der Waals surface area contributed by atoms with Crippen molar-refractivity contribution in [3.63, 3.8) is 0 Å². The maximum absolute atomic E-state index is 10.4.